The number of thiophene rings is 1. The summed E-state index contributed by atoms with van der Waals surface area (Å²) >= 11 is 2.26. The van der Waals surface area contributed by atoms with E-state index in [0.717, 1.165) is 16.4 Å². The number of carbonyl (C=O) groups excluding carboxylic acids is 3. The molecular weight excluding hydrogens is 498 g/mol. The largest absolute Gasteiger partial charge is 0.494 e. The Morgan fingerprint density at radius 1 is 1.17 bits per heavy atom. The Morgan fingerprint density at radius 2 is 1.86 bits per heavy atom. The number of primary amides is 1. The minimum atomic E-state index is -0.986. The van der Waals surface area contributed by atoms with Crippen molar-refractivity contribution in [1.82, 2.24) is 14.6 Å². The molecule has 0 bridgehead atoms. The van der Waals surface area contributed by atoms with E-state index in [0.29, 0.717) is 24.3 Å². The van der Waals surface area contributed by atoms with Crippen LogP contribution in [0.15, 0.2) is 41.8 Å². The normalized spacial score (nSPS) is 12.1. The Balaban J connectivity index is 2.12. The molecule has 0 saturated carbocycles. The van der Waals surface area contributed by atoms with E-state index in [4.69, 9.17) is 16.2 Å². The van der Waals surface area contributed by atoms with Gasteiger partial charge >= 0.3 is 0 Å². The molecule has 3 aromatic rings. The molecule has 1 aromatic carbocycles. The van der Waals surface area contributed by atoms with Gasteiger partial charge in [-0.15, -0.1) is 11.3 Å². The molecule has 2 heterocycles. The van der Waals surface area contributed by atoms with Gasteiger partial charge < -0.3 is 26.4 Å². The van der Waals surface area contributed by atoms with E-state index in [-0.39, 0.29) is 28.7 Å². The summed E-state index contributed by atoms with van der Waals surface area (Å²) in [5.41, 5.74) is 11.3. The van der Waals surface area contributed by atoms with Crippen LogP contribution in [0.1, 0.15) is 70.8 Å². The number of amides is 3. The van der Waals surface area contributed by atoms with Gasteiger partial charge in [-0.05, 0) is 67.9 Å². The van der Waals surface area contributed by atoms with E-state index in [1.165, 1.54) is 16.2 Å². The molecule has 2 aromatic heterocycles. The van der Waals surface area contributed by atoms with Crippen LogP contribution in [0.3, 0.4) is 0 Å². The summed E-state index contributed by atoms with van der Waals surface area (Å²) in [6.07, 6.45) is 0.692. The highest BCUT2D eigenvalue weighted by molar-refractivity contribution is 7.10. The standard InChI is InChI=1S/C25H31N5O4S2/c1-5-25(3,4)28-23(32)20(15-9-11-16(12-10-15)34-6-2)30(14-17-8-7-13-35-17)24(33)21-18(26)19(22(27)31)29-36-21/h7-13,20H,5-6,14,26H2,1-4H3,(H2,27,31)(H,28,32)/t20-/m0/s1. The van der Waals surface area contributed by atoms with Crippen LogP contribution in [-0.2, 0) is 11.3 Å². The van der Waals surface area contributed by atoms with E-state index >= 15 is 0 Å². The summed E-state index contributed by atoms with van der Waals surface area (Å²) in [6, 6.07) is 9.86. The summed E-state index contributed by atoms with van der Waals surface area (Å²) in [7, 11) is 0. The van der Waals surface area contributed by atoms with E-state index < -0.39 is 23.4 Å². The van der Waals surface area contributed by atoms with Crippen molar-refractivity contribution < 1.29 is 19.1 Å². The number of nitrogens with one attached hydrogen (secondary N) is 1. The molecule has 3 rings (SSSR count). The zero-order chi connectivity index (χ0) is 26.5. The van der Waals surface area contributed by atoms with Gasteiger partial charge in [0.1, 0.15) is 16.7 Å². The van der Waals surface area contributed by atoms with Crippen LogP contribution in [0, 0.1) is 0 Å². The first-order valence-corrected chi connectivity index (χ1v) is 13.2. The number of nitrogens with zero attached hydrogens (tertiary/aromatic N) is 2. The molecule has 0 spiro atoms. The summed E-state index contributed by atoms with van der Waals surface area (Å²) in [6.45, 7) is 8.36. The maximum atomic E-state index is 13.9. The number of nitrogen functional groups attached to an aromatic ring is 1. The van der Waals surface area contributed by atoms with E-state index in [9.17, 15) is 14.4 Å². The minimum Gasteiger partial charge on any atom is -0.494 e. The monoisotopic (exact) mass is 529 g/mol. The Labute approximate surface area is 218 Å². The van der Waals surface area contributed by atoms with Gasteiger partial charge in [-0.25, -0.2) is 0 Å². The van der Waals surface area contributed by atoms with E-state index in [1.54, 1.807) is 24.3 Å². The van der Waals surface area contributed by atoms with Crippen molar-refractivity contribution in [2.45, 2.75) is 52.2 Å². The van der Waals surface area contributed by atoms with Crippen LogP contribution in [0.4, 0.5) is 5.69 Å². The fourth-order valence-electron chi connectivity index (χ4n) is 3.49. The van der Waals surface area contributed by atoms with Gasteiger partial charge in [0.05, 0.1) is 18.8 Å². The third-order valence-corrected chi connectivity index (χ3v) is 7.45. The lowest BCUT2D eigenvalue weighted by Crippen LogP contribution is -2.50. The van der Waals surface area contributed by atoms with E-state index in [2.05, 4.69) is 9.69 Å². The average molecular weight is 530 g/mol. The summed E-state index contributed by atoms with van der Waals surface area (Å²) in [5, 5.41) is 4.97. The number of nitrogens with two attached hydrogens (primary N) is 2. The van der Waals surface area contributed by atoms with Crippen molar-refractivity contribution in [3.63, 3.8) is 0 Å². The van der Waals surface area contributed by atoms with Gasteiger partial charge in [0.15, 0.2) is 5.69 Å². The molecule has 192 valence electrons. The van der Waals surface area contributed by atoms with Crippen molar-refractivity contribution in [2.75, 3.05) is 12.3 Å². The van der Waals surface area contributed by atoms with Crippen LogP contribution in [0.25, 0.3) is 0 Å². The predicted octanol–water partition coefficient (Wildman–Crippen LogP) is 3.97. The lowest BCUT2D eigenvalue weighted by atomic mass is 9.98. The number of ether oxygens (including phenoxy) is 1. The second-order valence-corrected chi connectivity index (χ2v) is 10.6. The van der Waals surface area contributed by atoms with Gasteiger partial charge in [-0.3, -0.25) is 14.4 Å². The van der Waals surface area contributed by atoms with Crippen molar-refractivity contribution in [1.29, 1.82) is 0 Å². The smallest absolute Gasteiger partial charge is 0.270 e. The number of carbonyl (C=O) groups is 3. The van der Waals surface area contributed by atoms with Gasteiger partial charge in [0, 0.05) is 10.4 Å². The fourth-order valence-corrected chi connectivity index (χ4v) is 4.95. The highest BCUT2D eigenvalue weighted by Gasteiger charge is 2.36. The minimum absolute atomic E-state index is 0.0545. The molecule has 3 amide bonds. The first-order valence-electron chi connectivity index (χ1n) is 11.5. The van der Waals surface area contributed by atoms with Crippen LogP contribution in [-0.4, -0.2) is 39.1 Å². The number of hydrogen-bond donors (Lipinski definition) is 3. The lowest BCUT2D eigenvalue weighted by molar-refractivity contribution is -0.127. The third-order valence-electron chi connectivity index (χ3n) is 5.74. The fraction of sp³-hybridized carbons (Fsp3) is 0.360. The highest BCUT2D eigenvalue weighted by Crippen LogP contribution is 2.32. The molecule has 0 saturated heterocycles. The molecule has 1 atom stereocenters. The second-order valence-electron chi connectivity index (χ2n) is 8.78. The molecule has 0 aliphatic rings. The maximum Gasteiger partial charge on any atom is 0.270 e. The molecule has 5 N–H and O–H groups in total. The Morgan fingerprint density at radius 3 is 2.39 bits per heavy atom. The lowest BCUT2D eigenvalue weighted by Gasteiger charge is -2.34. The summed E-state index contributed by atoms with van der Waals surface area (Å²) in [5.74, 6) is -1.02. The molecule has 9 nitrogen and oxygen atoms in total. The Kier molecular flexibility index (Phi) is 8.70. The van der Waals surface area contributed by atoms with Crippen molar-refractivity contribution in [3.8, 4) is 5.75 Å². The van der Waals surface area contributed by atoms with Crippen LogP contribution in [0.2, 0.25) is 0 Å². The second kappa shape index (κ2) is 11.5. The van der Waals surface area contributed by atoms with Crippen molar-refractivity contribution >= 4 is 46.3 Å². The third kappa shape index (κ3) is 6.21. The van der Waals surface area contributed by atoms with Crippen LogP contribution < -0.4 is 21.5 Å². The average Bonchev–Trinajstić information content (AvgIpc) is 3.48. The van der Waals surface area contributed by atoms with Gasteiger partial charge in [0.2, 0.25) is 5.91 Å². The first kappa shape index (κ1) is 27.2. The molecule has 11 heteroatoms. The zero-order valence-corrected chi connectivity index (χ0v) is 22.4. The van der Waals surface area contributed by atoms with E-state index in [1.807, 2.05) is 45.2 Å². The maximum absolute atomic E-state index is 13.9. The van der Waals surface area contributed by atoms with Gasteiger partial charge in [-0.1, -0.05) is 25.1 Å². The summed E-state index contributed by atoms with van der Waals surface area (Å²) < 4.78 is 9.53. The Bertz CT molecular complexity index is 1210. The molecule has 0 aliphatic carbocycles. The molecule has 0 aliphatic heterocycles. The Hall–Kier alpha value is -3.44. The predicted molar refractivity (Wildman–Crippen MR) is 142 cm³/mol. The quantitative estimate of drug-likeness (QED) is 0.343. The topological polar surface area (TPSA) is 141 Å². The van der Waals surface area contributed by atoms with Gasteiger partial charge in [-0.2, -0.15) is 4.37 Å². The highest BCUT2D eigenvalue weighted by atomic mass is 32.1. The van der Waals surface area contributed by atoms with Gasteiger partial charge in [0.25, 0.3) is 11.8 Å². The van der Waals surface area contributed by atoms with Crippen molar-refractivity contribution in [2.24, 2.45) is 5.73 Å². The SMILES string of the molecule is CCOc1ccc([C@@H](C(=O)NC(C)(C)CC)N(Cc2cccs2)C(=O)c2snc(C(N)=O)c2N)cc1. The molecule has 0 fully saturated rings. The molecule has 36 heavy (non-hydrogen) atoms. The molecule has 0 radical (unpaired) electrons. The summed E-state index contributed by atoms with van der Waals surface area (Å²) in [4.78, 5) is 41.8. The number of hydrogen-bond acceptors (Lipinski definition) is 8. The molecule has 0 unspecified atom stereocenters. The first-order chi connectivity index (χ1) is 17.1. The van der Waals surface area contributed by atoms with Crippen LogP contribution >= 0.6 is 22.9 Å². The molecular formula is C25H31N5O4S2. The number of anilines is 1. The van der Waals surface area contributed by atoms with Crippen molar-refractivity contribution in [3.05, 3.63) is 62.8 Å². The zero-order valence-electron chi connectivity index (χ0n) is 20.7. The number of aromatic nitrogens is 1. The number of benzene rings is 1. The number of rotatable bonds is 11. The van der Waals surface area contributed by atoms with Crippen LogP contribution in [0.5, 0.6) is 5.75 Å².